The molecule has 1 saturated carbocycles. The number of benzene rings is 1. The molecular weight excluding hydrogens is 308 g/mol. The van der Waals surface area contributed by atoms with Gasteiger partial charge in [-0.05, 0) is 30.5 Å². The van der Waals surface area contributed by atoms with Gasteiger partial charge in [0.05, 0.1) is 6.42 Å². The van der Waals surface area contributed by atoms with E-state index in [2.05, 4.69) is 10.1 Å². The number of hydrogen-bond acceptors (Lipinski definition) is 3. The smallest absolute Gasteiger partial charge is 0.387 e. The average Bonchev–Trinajstić information content (AvgIpc) is 2.49. The zero-order chi connectivity index (χ0) is 16.9. The van der Waals surface area contributed by atoms with Gasteiger partial charge < -0.3 is 15.2 Å². The number of alkyl halides is 2. The summed E-state index contributed by atoms with van der Waals surface area (Å²) in [6, 6.07) is 5.71. The maximum atomic E-state index is 12.1. The normalized spacial score (nSPS) is 16.8. The number of carboxylic acids is 1. The zero-order valence-corrected chi connectivity index (χ0v) is 12.6. The number of carboxylic acid groups (broad SMARTS) is 1. The first-order valence-corrected chi connectivity index (χ1v) is 7.49. The second kappa shape index (κ2) is 7.39. The molecule has 0 unspecified atom stereocenters. The highest BCUT2D eigenvalue weighted by atomic mass is 19.3. The molecule has 126 valence electrons. The molecule has 1 amide bonds. The lowest BCUT2D eigenvalue weighted by atomic mass is 9.81. The number of hydrogen-bond donors (Lipinski definition) is 2. The van der Waals surface area contributed by atoms with Gasteiger partial charge in [0.1, 0.15) is 11.3 Å². The molecule has 0 atom stereocenters. The first-order valence-electron chi connectivity index (χ1n) is 7.49. The quantitative estimate of drug-likeness (QED) is 0.842. The van der Waals surface area contributed by atoms with E-state index in [9.17, 15) is 23.5 Å². The first kappa shape index (κ1) is 17.2. The van der Waals surface area contributed by atoms with E-state index in [4.69, 9.17) is 0 Å². The van der Waals surface area contributed by atoms with E-state index in [-0.39, 0.29) is 12.2 Å². The second-order valence-electron chi connectivity index (χ2n) is 5.70. The summed E-state index contributed by atoms with van der Waals surface area (Å²) in [7, 11) is 0. The van der Waals surface area contributed by atoms with Crippen LogP contribution in [0.3, 0.4) is 0 Å². The zero-order valence-electron chi connectivity index (χ0n) is 12.6. The predicted octanol–water partition coefficient (Wildman–Crippen LogP) is 2.73. The second-order valence-corrected chi connectivity index (χ2v) is 5.70. The minimum Gasteiger partial charge on any atom is -0.480 e. The molecule has 0 bridgehead atoms. The number of rotatable bonds is 6. The molecular formula is C16H19F2NO4. The fourth-order valence-corrected chi connectivity index (χ4v) is 2.83. The molecule has 1 aromatic carbocycles. The summed E-state index contributed by atoms with van der Waals surface area (Å²) in [6.07, 6.45) is 3.35. The number of carbonyl (C=O) groups excluding carboxylic acids is 1. The summed E-state index contributed by atoms with van der Waals surface area (Å²) in [5.74, 6) is -1.39. The van der Waals surface area contributed by atoms with E-state index >= 15 is 0 Å². The van der Waals surface area contributed by atoms with Gasteiger partial charge in [-0.3, -0.25) is 4.79 Å². The largest absolute Gasteiger partial charge is 0.480 e. The van der Waals surface area contributed by atoms with E-state index in [0.29, 0.717) is 18.4 Å². The molecule has 0 saturated heterocycles. The Kier molecular flexibility index (Phi) is 5.52. The van der Waals surface area contributed by atoms with Crippen LogP contribution in [0.25, 0.3) is 0 Å². The topological polar surface area (TPSA) is 75.6 Å². The monoisotopic (exact) mass is 327 g/mol. The van der Waals surface area contributed by atoms with E-state index in [1.807, 2.05) is 0 Å². The van der Waals surface area contributed by atoms with Crippen molar-refractivity contribution in [1.29, 1.82) is 0 Å². The van der Waals surface area contributed by atoms with Gasteiger partial charge in [0, 0.05) is 0 Å². The van der Waals surface area contributed by atoms with Crippen LogP contribution >= 0.6 is 0 Å². The third-order valence-corrected chi connectivity index (χ3v) is 4.01. The molecule has 0 spiro atoms. The Bertz CT molecular complexity index is 554. The lowest BCUT2D eigenvalue weighted by Crippen LogP contribution is -2.55. The minimum atomic E-state index is -2.90. The summed E-state index contributed by atoms with van der Waals surface area (Å²) in [4.78, 5) is 23.6. The fraction of sp³-hybridized carbons (Fsp3) is 0.500. The van der Waals surface area contributed by atoms with Crippen molar-refractivity contribution in [1.82, 2.24) is 5.32 Å². The van der Waals surface area contributed by atoms with E-state index in [1.54, 1.807) is 0 Å². The Labute approximate surface area is 132 Å². The van der Waals surface area contributed by atoms with Gasteiger partial charge in [-0.1, -0.05) is 31.4 Å². The van der Waals surface area contributed by atoms with Gasteiger partial charge in [0.25, 0.3) is 0 Å². The molecule has 0 heterocycles. The van der Waals surface area contributed by atoms with Crippen molar-refractivity contribution in [2.75, 3.05) is 0 Å². The van der Waals surface area contributed by atoms with Gasteiger partial charge in [-0.15, -0.1) is 0 Å². The van der Waals surface area contributed by atoms with Gasteiger partial charge in [-0.25, -0.2) is 4.79 Å². The van der Waals surface area contributed by atoms with Gasteiger partial charge in [-0.2, -0.15) is 8.78 Å². The van der Waals surface area contributed by atoms with Crippen molar-refractivity contribution >= 4 is 11.9 Å². The molecule has 1 aliphatic rings. The lowest BCUT2D eigenvalue weighted by Gasteiger charge is -2.34. The van der Waals surface area contributed by atoms with Crippen LogP contribution in [0.15, 0.2) is 24.3 Å². The molecule has 2 rings (SSSR count). The van der Waals surface area contributed by atoms with Gasteiger partial charge >= 0.3 is 12.6 Å². The van der Waals surface area contributed by atoms with Crippen molar-refractivity contribution in [2.24, 2.45) is 0 Å². The standard InChI is InChI=1S/C16H19F2NO4/c17-15(18)23-12-6-4-11(5-7-12)10-13(20)19-16(14(21)22)8-2-1-3-9-16/h4-7,15H,1-3,8-10H2,(H,19,20)(H,21,22). The lowest BCUT2D eigenvalue weighted by molar-refractivity contribution is -0.149. The first-order chi connectivity index (χ1) is 10.9. The number of nitrogens with one attached hydrogen (secondary N) is 1. The molecule has 23 heavy (non-hydrogen) atoms. The highest BCUT2D eigenvalue weighted by Gasteiger charge is 2.40. The van der Waals surface area contributed by atoms with Crippen LogP contribution in [-0.2, 0) is 16.0 Å². The molecule has 0 aromatic heterocycles. The predicted molar refractivity (Wildman–Crippen MR) is 78.4 cm³/mol. The third kappa shape index (κ3) is 4.64. The maximum absolute atomic E-state index is 12.1. The molecule has 1 fully saturated rings. The van der Waals surface area contributed by atoms with Crippen LogP contribution < -0.4 is 10.1 Å². The van der Waals surface area contributed by atoms with Gasteiger partial charge in [0.15, 0.2) is 0 Å². The summed E-state index contributed by atoms with van der Waals surface area (Å²) < 4.78 is 28.4. The number of halogens is 2. The highest BCUT2D eigenvalue weighted by Crippen LogP contribution is 2.28. The van der Waals surface area contributed by atoms with Crippen molar-refractivity contribution in [3.63, 3.8) is 0 Å². The van der Waals surface area contributed by atoms with Crippen LogP contribution in [0.4, 0.5) is 8.78 Å². The van der Waals surface area contributed by atoms with Crippen molar-refractivity contribution < 1.29 is 28.2 Å². The van der Waals surface area contributed by atoms with Crippen LogP contribution in [0.2, 0.25) is 0 Å². The molecule has 1 aliphatic carbocycles. The minimum absolute atomic E-state index is 0.00993. The Morgan fingerprint density at radius 2 is 1.78 bits per heavy atom. The Balaban J connectivity index is 1.96. The molecule has 7 heteroatoms. The van der Waals surface area contributed by atoms with Crippen LogP contribution in [0, 0.1) is 0 Å². The third-order valence-electron chi connectivity index (χ3n) is 4.01. The summed E-state index contributed by atoms with van der Waals surface area (Å²) >= 11 is 0. The van der Waals surface area contributed by atoms with Crippen molar-refractivity contribution in [3.8, 4) is 5.75 Å². The molecule has 1 aromatic rings. The molecule has 0 aliphatic heterocycles. The summed E-state index contributed by atoms with van der Waals surface area (Å²) in [5, 5.41) is 12.1. The van der Waals surface area contributed by atoms with E-state index in [0.717, 1.165) is 19.3 Å². The number of ether oxygens (including phenoxy) is 1. The molecule has 5 nitrogen and oxygen atoms in total. The molecule has 2 N–H and O–H groups in total. The van der Waals surface area contributed by atoms with Crippen LogP contribution in [0.5, 0.6) is 5.75 Å². The fourth-order valence-electron chi connectivity index (χ4n) is 2.83. The van der Waals surface area contributed by atoms with Crippen molar-refractivity contribution in [3.05, 3.63) is 29.8 Å². The summed E-state index contributed by atoms with van der Waals surface area (Å²) in [5.41, 5.74) is -0.589. The number of amides is 1. The average molecular weight is 327 g/mol. The van der Waals surface area contributed by atoms with E-state index < -0.39 is 24.0 Å². The Hall–Kier alpha value is -2.18. The van der Waals surface area contributed by atoms with Gasteiger partial charge in [0.2, 0.25) is 5.91 Å². The SMILES string of the molecule is O=C(Cc1ccc(OC(F)F)cc1)NC1(C(=O)O)CCCCC1. The maximum Gasteiger partial charge on any atom is 0.387 e. The summed E-state index contributed by atoms with van der Waals surface area (Å²) in [6.45, 7) is -2.90. The van der Waals surface area contributed by atoms with E-state index in [1.165, 1.54) is 24.3 Å². The van der Waals surface area contributed by atoms with Crippen LogP contribution in [0.1, 0.15) is 37.7 Å². The van der Waals surface area contributed by atoms with Crippen LogP contribution in [-0.4, -0.2) is 29.1 Å². The highest BCUT2D eigenvalue weighted by molar-refractivity contribution is 5.88. The molecule has 0 radical (unpaired) electrons. The number of aliphatic carboxylic acids is 1. The Morgan fingerprint density at radius 1 is 1.17 bits per heavy atom. The van der Waals surface area contributed by atoms with Crippen molar-refractivity contribution in [2.45, 2.75) is 50.7 Å². The Morgan fingerprint density at radius 3 is 2.30 bits per heavy atom. The number of carbonyl (C=O) groups is 2.